The van der Waals surface area contributed by atoms with Crippen molar-refractivity contribution in [1.29, 1.82) is 0 Å². The van der Waals surface area contributed by atoms with Gasteiger partial charge in [-0.2, -0.15) is 5.10 Å². The summed E-state index contributed by atoms with van der Waals surface area (Å²) in [6.45, 7) is 2.75. The van der Waals surface area contributed by atoms with Crippen molar-refractivity contribution >= 4 is 39.9 Å². The molecule has 0 aliphatic carbocycles. The largest absolute Gasteiger partial charge is 0.478 e. The zero-order chi connectivity index (χ0) is 23.8. The molecule has 0 bridgehead atoms. The van der Waals surface area contributed by atoms with Gasteiger partial charge in [-0.3, -0.25) is 9.36 Å². The van der Waals surface area contributed by atoms with Crippen LogP contribution < -0.4 is 10.5 Å². The molecule has 0 saturated carbocycles. The number of aromatic amines is 1. The maximum atomic E-state index is 13.5. The van der Waals surface area contributed by atoms with Gasteiger partial charge in [0.15, 0.2) is 5.82 Å². The highest BCUT2D eigenvalue weighted by molar-refractivity contribution is 6.33. The van der Waals surface area contributed by atoms with Gasteiger partial charge in [0.1, 0.15) is 23.3 Å². The van der Waals surface area contributed by atoms with Crippen molar-refractivity contribution in [3.8, 4) is 5.69 Å². The Bertz CT molecular complexity index is 1570. The first kappa shape index (κ1) is 21.7. The fourth-order valence-corrected chi connectivity index (χ4v) is 4.30. The van der Waals surface area contributed by atoms with Gasteiger partial charge >= 0.3 is 5.97 Å². The molecular weight excluding hydrogens is 458 g/mol. The monoisotopic (exact) mass is 477 g/mol. The second-order valence-electron chi connectivity index (χ2n) is 7.70. The van der Waals surface area contributed by atoms with Crippen LogP contribution in [0.4, 0.5) is 5.82 Å². The van der Waals surface area contributed by atoms with E-state index in [-0.39, 0.29) is 23.2 Å². The number of nitrogens with one attached hydrogen (secondary N) is 1. The van der Waals surface area contributed by atoms with E-state index >= 15 is 0 Å². The lowest BCUT2D eigenvalue weighted by Crippen LogP contribution is -2.32. The molecule has 0 aliphatic rings. The number of carboxylic acid groups (broad SMARTS) is 1. The number of para-hydroxylation sites is 1. The quantitative estimate of drug-likeness (QED) is 0.367. The molecule has 0 fully saturated rings. The minimum atomic E-state index is -1.08. The molecule has 1 aromatic carbocycles. The number of nitrogens with zero attached hydrogens (tertiary/aromatic N) is 6. The number of hydrogen-bond acceptors (Lipinski definition) is 6. The molecule has 0 radical (unpaired) electrons. The Kier molecular flexibility index (Phi) is 5.50. The third kappa shape index (κ3) is 3.57. The second kappa shape index (κ2) is 8.64. The summed E-state index contributed by atoms with van der Waals surface area (Å²) in [6.07, 6.45) is 5.18. The fraction of sp³-hybridized carbons (Fsp3) is 0.174. The van der Waals surface area contributed by atoms with Crippen LogP contribution in [-0.2, 0) is 6.54 Å². The van der Waals surface area contributed by atoms with Gasteiger partial charge in [-0.1, -0.05) is 36.7 Å². The Labute approximate surface area is 198 Å². The van der Waals surface area contributed by atoms with Gasteiger partial charge in [-0.25, -0.2) is 19.3 Å². The number of aromatic carboxylic acids is 1. The van der Waals surface area contributed by atoms with E-state index in [0.717, 1.165) is 6.42 Å². The summed E-state index contributed by atoms with van der Waals surface area (Å²) < 4.78 is 3.00. The second-order valence-corrected chi connectivity index (χ2v) is 8.11. The molecule has 0 atom stereocenters. The number of aromatic nitrogens is 6. The van der Waals surface area contributed by atoms with Gasteiger partial charge in [0.2, 0.25) is 0 Å². The summed E-state index contributed by atoms with van der Waals surface area (Å²) in [6, 6.07) is 10.8. The van der Waals surface area contributed by atoms with Gasteiger partial charge in [0.25, 0.3) is 5.56 Å². The molecule has 10 nitrogen and oxygen atoms in total. The van der Waals surface area contributed by atoms with Crippen LogP contribution in [0.1, 0.15) is 29.5 Å². The van der Waals surface area contributed by atoms with E-state index in [4.69, 9.17) is 16.7 Å². The summed E-state index contributed by atoms with van der Waals surface area (Å²) >= 11 is 6.28. The van der Waals surface area contributed by atoms with Crippen LogP contribution >= 0.6 is 11.6 Å². The van der Waals surface area contributed by atoms with E-state index in [1.807, 2.05) is 42.2 Å². The van der Waals surface area contributed by atoms with E-state index in [0.29, 0.717) is 39.9 Å². The number of rotatable bonds is 7. The van der Waals surface area contributed by atoms with Crippen molar-refractivity contribution in [1.82, 2.24) is 29.1 Å². The van der Waals surface area contributed by atoms with Crippen LogP contribution in [0.15, 0.2) is 59.9 Å². The van der Waals surface area contributed by atoms with Crippen LogP contribution in [0.3, 0.4) is 0 Å². The lowest BCUT2D eigenvalue weighted by molar-refractivity contribution is 0.0699. The Balaban J connectivity index is 1.72. The summed E-state index contributed by atoms with van der Waals surface area (Å²) in [5.41, 5.74) is 1.12. The number of benzene rings is 1. The molecule has 0 aliphatic heterocycles. The first-order valence-corrected chi connectivity index (χ1v) is 11.0. The van der Waals surface area contributed by atoms with Crippen molar-refractivity contribution in [3.63, 3.8) is 0 Å². The highest BCUT2D eigenvalue weighted by atomic mass is 35.5. The molecule has 0 saturated heterocycles. The van der Waals surface area contributed by atoms with Gasteiger partial charge in [-0.15, -0.1) is 0 Å². The summed E-state index contributed by atoms with van der Waals surface area (Å²) in [7, 11) is 0. The number of anilines is 1. The van der Waals surface area contributed by atoms with E-state index in [9.17, 15) is 14.7 Å². The van der Waals surface area contributed by atoms with E-state index in [1.165, 1.54) is 21.6 Å². The average molecular weight is 478 g/mol. The summed E-state index contributed by atoms with van der Waals surface area (Å²) in [4.78, 5) is 38.7. The Morgan fingerprint density at radius 1 is 1.21 bits per heavy atom. The van der Waals surface area contributed by atoms with Crippen molar-refractivity contribution in [3.05, 3.63) is 81.9 Å². The van der Waals surface area contributed by atoms with E-state index < -0.39 is 5.97 Å². The maximum Gasteiger partial charge on any atom is 0.338 e. The lowest BCUT2D eigenvalue weighted by Gasteiger charge is -2.25. The molecule has 4 aromatic heterocycles. The highest BCUT2D eigenvalue weighted by Gasteiger charge is 2.23. The van der Waals surface area contributed by atoms with Crippen molar-refractivity contribution in [2.24, 2.45) is 0 Å². The lowest BCUT2D eigenvalue weighted by atomic mass is 10.2. The molecule has 0 unspecified atom stereocenters. The topological polar surface area (TPSA) is 121 Å². The molecule has 172 valence electrons. The summed E-state index contributed by atoms with van der Waals surface area (Å²) in [5, 5.41) is 15.1. The van der Waals surface area contributed by atoms with Crippen LogP contribution in [0.2, 0.25) is 5.02 Å². The number of H-pyrrole nitrogens is 1. The number of halogens is 1. The maximum absolute atomic E-state index is 13.5. The Morgan fingerprint density at radius 2 is 2.00 bits per heavy atom. The predicted octanol–water partition coefficient (Wildman–Crippen LogP) is 3.52. The minimum Gasteiger partial charge on any atom is -0.478 e. The van der Waals surface area contributed by atoms with Crippen LogP contribution in [0.25, 0.3) is 22.2 Å². The fourth-order valence-electron chi connectivity index (χ4n) is 4.08. The Hall–Kier alpha value is -4.18. The van der Waals surface area contributed by atoms with Gasteiger partial charge in [0.05, 0.1) is 28.2 Å². The van der Waals surface area contributed by atoms with Gasteiger partial charge in [0, 0.05) is 18.9 Å². The van der Waals surface area contributed by atoms with E-state index in [1.54, 1.807) is 12.3 Å². The van der Waals surface area contributed by atoms with Gasteiger partial charge < -0.3 is 15.0 Å². The van der Waals surface area contributed by atoms with Crippen LogP contribution in [-0.4, -0.2) is 46.8 Å². The summed E-state index contributed by atoms with van der Waals surface area (Å²) in [5.74, 6) is -0.185. The molecule has 11 heteroatoms. The Morgan fingerprint density at radius 3 is 2.74 bits per heavy atom. The first-order valence-electron chi connectivity index (χ1n) is 10.6. The number of fused-ring (bicyclic) bond motifs is 2. The first-order chi connectivity index (χ1) is 16.5. The average Bonchev–Trinajstić information content (AvgIpc) is 3.43. The molecule has 2 N–H and O–H groups in total. The number of hydrogen-bond donors (Lipinski definition) is 2. The van der Waals surface area contributed by atoms with Crippen LogP contribution in [0.5, 0.6) is 0 Å². The standard InChI is InChI=1S/C23H20ClN7O3/c1-2-9-29(21-18-15(23(33)34)11-25-20(18)26-13-27-21)12-17-28-30-10-8-16(24)19(30)22(32)31(17)14-6-4-3-5-7-14/h3-8,10-11,13H,2,9,12H2,1H3,(H,33,34)(H,25,26,27). The van der Waals surface area contributed by atoms with Gasteiger partial charge in [-0.05, 0) is 24.6 Å². The normalized spacial score (nSPS) is 11.4. The van der Waals surface area contributed by atoms with E-state index in [2.05, 4.69) is 15.0 Å². The number of carboxylic acids is 1. The third-order valence-corrected chi connectivity index (χ3v) is 5.83. The van der Waals surface area contributed by atoms with Crippen LogP contribution in [0, 0.1) is 0 Å². The molecule has 5 aromatic rings. The molecule has 0 spiro atoms. The SMILES string of the molecule is CCCN(Cc1nn2ccc(Cl)c2c(=O)n1-c1ccccc1)c1ncnc2[nH]cc(C(=O)O)c12. The smallest absolute Gasteiger partial charge is 0.338 e. The molecule has 34 heavy (non-hydrogen) atoms. The zero-order valence-corrected chi connectivity index (χ0v) is 18.9. The zero-order valence-electron chi connectivity index (χ0n) is 18.1. The molecule has 5 rings (SSSR count). The van der Waals surface area contributed by atoms with Crippen molar-refractivity contribution < 1.29 is 9.90 Å². The third-order valence-electron chi connectivity index (χ3n) is 5.52. The highest BCUT2D eigenvalue weighted by Crippen LogP contribution is 2.28. The number of carbonyl (C=O) groups is 1. The predicted molar refractivity (Wildman–Crippen MR) is 128 cm³/mol. The molecular formula is C23H20ClN7O3. The minimum absolute atomic E-state index is 0.0766. The molecule has 0 amide bonds. The molecule has 4 heterocycles. The van der Waals surface area contributed by atoms with Crippen molar-refractivity contribution in [2.75, 3.05) is 11.4 Å². The van der Waals surface area contributed by atoms with Crippen molar-refractivity contribution in [2.45, 2.75) is 19.9 Å².